The van der Waals surface area contributed by atoms with E-state index in [9.17, 15) is 14.4 Å². The summed E-state index contributed by atoms with van der Waals surface area (Å²) in [5, 5.41) is 0.562. The van der Waals surface area contributed by atoms with Crippen LogP contribution in [0.25, 0.3) is 0 Å². The van der Waals surface area contributed by atoms with Crippen LogP contribution in [0, 0.1) is 0 Å². The maximum absolute atomic E-state index is 12.4. The molecule has 0 spiro atoms. The summed E-state index contributed by atoms with van der Waals surface area (Å²) in [5.74, 6) is -0.675. The Balaban J connectivity index is 1.93. The Morgan fingerprint density at radius 1 is 1.17 bits per heavy atom. The lowest BCUT2D eigenvalue weighted by atomic mass is 10.0. The van der Waals surface area contributed by atoms with Crippen molar-refractivity contribution in [2.45, 2.75) is 38.1 Å². The average Bonchev–Trinajstić information content (AvgIpc) is 2.59. The van der Waals surface area contributed by atoms with Crippen LogP contribution in [0.15, 0.2) is 24.3 Å². The summed E-state index contributed by atoms with van der Waals surface area (Å²) < 4.78 is 4.76. The van der Waals surface area contributed by atoms with Gasteiger partial charge in [-0.3, -0.25) is 9.59 Å². The van der Waals surface area contributed by atoms with Gasteiger partial charge in [-0.15, -0.1) is 0 Å². The molecule has 0 bridgehead atoms. The molecule has 1 heterocycles. The van der Waals surface area contributed by atoms with Crippen LogP contribution in [0.5, 0.6) is 0 Å². The number of rotatable bonds is 5. The standard InChI is InChI=1S/C17H20ClNO4/c1-23-17(22)14-4-2-3-11-19(14)16(21)10-9-15(20)12-5-7-13(18)8-6-12/h5-8,14H,2-4,9-11H2,1H3. The molecular formula is C17H20ClNO4. The summed E-state index contributed by atoms with van der Waals surface area (Å²) in [4.78, 5) is 37.8. The summed E-state index contributed by atoms with van der Waals surface area (Å²) in [6.45, 7) is 0.535. The summed E-state index contributed by atoms with van der Waals surface area (Å²) >= 11 is 5.79. The third-order valence-corrected chi connectivity index (χ3v) is 4.28. The third kappa shape index (κ3) is 4.55. The number of halogens is 1. The van der Waals surface area contributed by atoms with Crippen LogP contribution < -0.4 is 0 Å². The van der Waals surface area contributed by atoms with Gasteiger partial charge in [0.25, 0.3) is 0 Å². The Morgan fingerprint density at radius 3 is 2.52 bits per heavy atom. The van der Waals surface area contributed by atoms with E-state index in [1.807, 2.05) is 0 Å². The number of nitrogens with zero attached hydrogens (tertiary/aromatic N) is 1. The topological polar surface area (TPSA) is 63.7 Å². The Labute approximate surface area is 140 Å². The minimum absolute atomic E-state index is 0.0922. The van der Waals surface area contributed by atoms with Gasteiger partial charge < -0.3 is 9.64 Å². The third-order valence-electron chi connectivity index (χ3n) is 4.03. The predicted molar refractivity (Wildman–Crippen MR) is 86.4 cm³/mol. The summed E-state index contributed by atoms with van der Waals surface area (Å²) in [5.41, 5.74) is 0.533. The minimum Gasteiger partial charge on any atom is -0.467 e. The number of ether oxygens (including phenoxy) is 1. The molecule has 1 amide bonds. The normalized spacial score (nSPS) is 17.7. The first kappa shape index (κ1) is 17.5. The zero-order valence-corrected chi connectivity index (χ0v) is 13.8. The molecule has 1 aliphatic heterocycles. The van der Waals surface area contributed by atoms with E-state index in [0.717, 1.165) is 12.8 Å². The van der Waals surface area contributed by atoms with Crippen LogP contribution in [0.2, 0.25) is 5.02 Å². The molecule has 0 saturated carbocycles. The fourth-order valence-corrected chi connectivity index (χ4v) is 2.88. The van der Waals surface area contributed by atoms with Gasteiger partial charge in [-0.25, -0.2) is 4.79 Å². The van der Waals surface area contributed by atoms with E-state index in [-0.39, 0.29) is 30.5 Å². The van der Waals surface area contributed by atoms with Crippen LogP contribution in [-0.2, 0) is 14.3 Å². The van der Waals surface area contributed by atoms with E-state index >= 15 is 0 Å². The molecule has 0 N–H and O–H groups in total. The second-order valence-corrected chi connectivity index (χ2v) is 5.99. The number of carbonyl (C=O) groups excluding carboxylic acids is 3. The lowest BCUT2D eigenvalue weighted by Gasteiger charge is -2.33. The van der Waals surface area contributed by atoms with Crippen LogP contribution in [0.4, 0.5) is 0 Å². The van der Waals surface area contributed by atoms with Gasteiger partial charge in [-0.2, -0.15) is 0 Å². The highest BCUT2D eigenvalue weighted by Crippen LogP contribution is 2.20. The van der Waals surface area contributed by atoms with Crippen LogP contribution in [0.3, 0.4) is 0 Å². The van der Waals surface area contributed by atoms with Crippen LogP contribution in [-0.4, -0.2) is 42.3 Å². The Morgan fingerprint density at radius 2 is 1.87 bits per heavy atom. The molecule has 1 saturated heterocycles. The van der Waals surface area contributed by atoms with Gasteiger partial charge in [-0.1, -0.05) is 11.6 Å². The van der Waals surface area contributed by atoms with Crippen molar-refractivity contribution in [3.63, 3.8) is 0 Å². The highest BCUT2D eigenvalue weighted by molar-refractivity contribution is 6.30. The molecule has 5 nitrogen and oxygen atoms in total. The molecule has 1 aliphatic rings. The zero-order valence-electron chi connectivity index (χ0n) is 13.1. The number of ketones is 1. The second-order valence-electron chi connectivity index (χ2n) is 5.55. The SMILES string of the molecule is COC(=O)C1CCCCN1C(=O)CCC(=O)c1ccc(Cl)cc1. The maximum atomic E-state index is 12.4. The number of methoxy groups -OCH3 is 1. The van der Waals surface area contributed by atoms with E-state index in [0.29, 0.717) is 23.6 Å². The lowest BCUT2D eigenvalue weighted by molar-refractivity contribution is -0.154. The zero-order chi connectivity index (χ0) is 16.8. The first-order chi connectivity index (χ1) is 11.0. The summed E-state index contributed by atoms with van der Waals surface area (Å²) in [7, 11) is 1.32. The Bertz CT molecular complexity index is 585. The molecule has 1 aromatic carbocycles. The molecule has 1 atom stereocenters. The molecule has 2 rings (SSSR count). The average molecular weight is 338 g/mol. The Kier molecular flexibility index (Phi) is 6.16. The van der Waals surface area contributed by atoms with E-state index in [4.69, 9.17) is 16.3 Å². The molecule has 1 unspecified atom stereocenters. The number of hydrogen-bond acceptors (Lipinski definition) is 4. The minimum atomic E-state index is -0.521. The number of likely N-dealkylation sites (tertiary alicyclic amines) is 1. The van der Waals surface area contributed by atoms with Crippen molar-refractivity contribution in [2.24, 2.45) is 0 Å². The number of piperidine rings is 1. The molecular weight excluding hydrogens is 318 g/mol. The molecule has 6 heteroatoms. The van der Waals surface area contributed by atoms with Crippen LogP contribution in [0.1, 0.15) is 42.5 Å². The maximum Gasteiger partial charge on any atom is 0.328 e. The number of amides is 1. The first-order valence-electron chi connectivity index (χ1n) is 7.69. The molecule has 1 fully saturated rings. The fourth-order valence-electron chi connectivity index (χ4n) is 2.76. The quantitative estimate of drug-likeness (QED) is 0.612. The van der Waals surface area contributed by atoms with Gasteiger partial charge in [-0.05, 0) is 43.5 Å². The highest BCUT2D eigenvalue weighted by atomic mass is 35.5. The monoisotopic (exact) mass is 337 g/mol. The summed E-state index contributed by atoms with van der Waals surface area (Å²) in [6, 6.07) is 6.07. The molecule has 0 radical (unpaired) electrons. The van der Waals surface area contributed by atoms with E-state index in [1.54, 1.807) is 29.2 Å². The Hall–Kier alpha value is -1.88. The van der Waals surface area contributed by atoms with Crippen LogP contribution >= 0.6 is 11.6 Å². The lowest BCUT2D eigenvalue weighted by Crippen LogP contribution is -2.48. The number of Topliss-reactive ketones (excluding diaryl/α,β-unsaturated/α-hetero) is 1. The molecule has 0 aliphatic carbocycles. The molecule has 1 aromatic rings. The van der Waals surface area contributed by atoms with Gasteiger partial charge >= 0.3 is 5.97 Å². The summed E-state index contributed by atoms with van der Waals surface area (Å²) in [6.07, 6.45) is 2.58. The van der Waals surface area contributed by atoms with Gasteiger partial charge in [0.2, 0.25) is 5.91 Å². The number of benzene rings is 1. The smallest absolute Gasteiger partial charge is 0.328 e. The van der Waals surface area contributed by atoms with Gasteiger partial charge in [0.05, 0.1) is 7.11 Å². The van der Waals surface area contributed by atoms with Crippen molar-refractivity contribution in [3.8, 4) is 0 Å². The second kappa shape index (κ2) is 8.11. The number of carbonyl (C=O) groups is 3. The largest absolute Gasteiger partial charge is 0.467 e. The van der Waals surface area contributed by atoms with Crippen molar-refractivity contribution in [3.05, 3.63) is 34.9 Å². The van der Waals surface area contributed by atoms with Gasteiger partial charge in [0.15, 0.2) is 5.78 Å². The molecule has 0 aromatic heterocycles. The van der Waals surface area contributed by atoms with E-state index in [1.165, 1.54) is 7.11 Å². The number of esters is 1. The van der Waals surface area contributed by atoms with Crippen molar-refractivity contribution in [1.82, 2.24) is 4.90 Å². The highest BCUT2D eigenvalue weighted by Gasteiger charge is 2.32. The van der Waals surface area contributed by atoms with E-state index < -0.39 is 6.04 Å². The van der Waals surface area contributed by atoms with Crippen molar-refractivity contribution in [2.75, 3.05) is 13.7 Å². The molecule has 23 heavy (non-hydrogen) atoms. The van der Waals surface area contributed by atoms with Crippen molar-refractivity contribution >= 4 is 29.3 Å². The van der Waals surface area contributed by atoms with Crippen molar-refractivity contribution < 1.29 is 19.1 Å². The predicted octanol–water partition coefficient (Wildman–Crippen LogP) is 2.86. The van der Waals surface area contributed by atoms with Gasteiger partial charge in [0.1, 0.15) is 6.04 Å². The van der Waals surface area contributed by atoms with Crippen molar-refractivity contribution in [1.29, 1.82) is 0 Å². The molecule has 124 valence electrons. The van der Waals surface area contributed by atoms with Gasteiger partial charge in [0, 0.05) is 30.0 Å². The fraction of sp³-hybridized carbons (Fsp3) is 0.471. The number of hydrogen-bond donors (Lipinski definition) is 0. The van der Waals surface area contributed by atoms with E-state index in [2.05, 4.69) is 0 Å². The first-order valence-corrected chi connectivity index (χ1v) is 8.07.